The number of nitrogens with one attached hydrogen (secondary N) is 1. The summed E-state index contributed by atoms with van der Waals surface area (Å²) >= 11 is 3.59. The molecular formula is C17H24BrNO2. The van der Waals surface area contributed by atoms with Crippen molar-refractivity contribution in [3.63, 3.8) is 0 Å². The standard InChI is InChI=1S/C17H24BrNO2/c1-4-13(11-19-12(2)3)8-14-9-15(18)17-16(10-14)20-6-5-7-21-17/h8-10,12,19H,4-7,11H2,1-3H3. The summed E-state index contributed by atoms with van der Waals surface area (Å²) < 4.78 is 12.5. The minimum absolute atomic E-state index is 0.496. The molecule has 1 heterocycles. The van der Waals surface area contributed by atoms with Crippen LogP contribution in [-0.2, 0) is 0 Å². The Morgan fingerprint density at radius 2 is 2.10 bits per heavy atom. The lowest BCUT2D eigenvalue weighted by atomic mass is 10.1. The van der Waals surface area contributed by atoms with Crippen LogP contribution in [0.3, 0.4) is 0 Å². The molecule has 0 aliphatic carbocycles. The highest BCUT2D eigenvalue weighted by molar-refractivity contribution is 9.10. The van der Waals surface area contributed by atoms with Crippen molar-refractivity contribution in [2.75, 3.05) is 19.8 Å². The van der Waals surface area contributed by atoms with E-state index in [1.807, 2.05) is 0 Å². The third-order valence-electron chi connectivity index (χ3n) is 3.39. The predicted octanol–water partition coefficient (Wildman–Crippen LogP) is 4.40. The predicted molar refractivity (Wildman–Crippen MR) is 91.2 cm³/mol. The molecule has 21 heavy (non-hydrogen) atoms. The van der Waals surface area contributed by atoms with Crippen molar-refractivity contribution >= 4 is 22.0 Å². The maximum absolute atomic E-state index is 5.78. The van der Waals surface area contributed by atoms with Crippen molar-refractivity contribution in [3.8, 4) is 11.5 Å². The van der Waals surface area contributed by atoms with E-state index >= 15 is 0 Å². The fourth-order valence-corrected chi connectivity index (χ4v) is 2.76. The molecule has 0 radical (unpaired) electrons. The van der Waals surface area contributed by atoms with Crippen LogP contribution >= 0.6 is 15.9 Å². The minimum Gasteiger partial charge on any atom is -0.489 e. The first-order valence-electron chi connectivity index (χ1n) is 7.62. The number of hydrogen-bond acceptors (Lipinski definition) is 3. The van der Waals surface area contributed by atoms with Crippen molar-refractivity contribution in [1.82, 2.24) is 5.32 Å². The first-order valence-corrected chi connectivity index (χ1v) is 8.41. The molecule has 0 unspecified atom stereocenters. The molecule has 0 saturated carbocycles. The average Bonchev–Trinajstić information content (AvgIpc) is 2.69. The number of ether oxygens (including phenoxy) is 2. The van der Waals surface area contributed by atoms with Gasteiger partial charge in [0.05, 0.1) is 17.7 Å². The lowest BCUT2D eigenvalue weighted by molar-refractivity contribution is 0.296. The fraction of sp³-hybridized carbons (Fsp3) is 0.529. The van der Waals surface area contributed by atoms with Gasteiger partial charge in [0.25, 0.3) is 0 Å². The third kappa shape index (κ3) is 4.75. The number of hydrogen-bond donors (Lipinski definition) is 1. The Bertz CT molecular complexity index is 512. The van der Waals surface area contributed by atoms with Gasteiger partial charge in [-0.15, -0.1) is 0 Å². The summed E-state index contributed by atoms with van der Waals surface area (Å²) in [4.78, 5) is 0. The summed E-state index contributed by atoms with van der Waals surface area (Å²) in [5.41, 5.74) is 2.53. The highest BCUT2D eigenvalue weighted by Crippen LogP contribution is 2.38. The van der Waals surface area contributed by atoms with Crippen molar-refractivity contribution < 1.29 is 9.47 Å². The molecule has 1 aromatic carbocycles. The second-order valence-electron chi connectivity index (χ2n) is 5.57. The van der Waals surface area contributed by atoms with E-state index in [2.05, 4.69) is 60.2 Å². The summed E-state index contributed by atoms with van der Waals surface area (Å²) in [6.45, 7) is 8.85. The van der Waals surface area contributed by atoms with E-state index in [9.17, 15) is 0 Å². The van der Waals surface area contributed by atoms with E-state index in [0.717, 1.165) is 40.9 Å². The average molecular weight is 354 g/mol. The molecule has 1 aromatic rings. The molecule has 0 spiro atoms. The largest absolute Gasteiger partial charge is 0.489 e. The van der Waals surface area contributed by atoms with Gasteiger partial charge < -0.3 is 14.8 Å². The molecule has 0 atom stereocenters. The zero-order valence-electron chi connectivity index (χ0n) is 13.0. The molecule has 1 aliphatic heterocycles. The van der Waals surface area contributed by atoms with E-state index in [0.29, 0.717) is 19.3 Å². The quantitative estimate of drug-likeness (QED) is 0.850. The van der Waals surface area contributed by atoms with Crippen LogP contribution in [0.4, 0.5) is 0 Å². The lowest BCUT2D eigenvalue weighted by Crippen LogP contribution is -2.24. The summed E-state index contributed by atoms with van der Waals surface area (Å²) in [7, 11) is 0. The molecule has 1 aliphatic rings. The van der Waals surface area contributed by atoms with Gasteiger partial charge in [0.15, 0.2) is 11.5 Å². The van der Waals surface area contributed by atoms with Crippen LogP contribution in [0.15, 0.2) is 22.2 Å². The van der Waals surface area contributed by atoms with E-state index in [1.165, 1.54) is 5.57 Å². The van der Waals surface area contributed by atoms with Crippen LogP contribution in [0.2, 0.25) is 0 Å². The van der Waals surface area contributed by atoms with Crippen molar-refractivity contribution in [2.24, 2.45) is 0 Å². The SMILES string of the molecule is CCC(=Cc1cc(Br)c2c(c1)OCCCO2)CNC(C)C. The van der Waals surface area contributed by atoms with Crippen LogP contribution in [0.1, 0.15) is 39.2 Å². The second kappa shape index (κ2) is 7.85. The Morgan fingerprint density at radius 1 is 1.33 bits per heavy atom. The molecule has 0 saturated heterocycles. The van der Waals surface area contributed by atoms with Crippen LogP contribution in [0.25, 0.3) is 6.08 Å². The third-order valence-corrected chi connectivity index (χ3v) is 3.98. The Kier molecular flexibility index (Phi) is 6.12. The Morgan fingerprint density at radius 3 is 2.81 bits per heavy atom. The molecule has 4 heteroatoms. The van der Waals surface area contributed by atoms with Crippen molar-refractivity contribution in [1.29, 1.82) is 0 Å². The molecule has 0 amide bonds. The van der Waals surface area contributed by atoms with Gasteiger partial charge in [-0.1, -0.05) is 32.4 Å². The number of rotatable bonds is 5. The summed E-state index contributed by atoms with van der Waals surface area (Å²) in [6, 6.07) is 4.66. The van der Waals surface area contributed by atoms with Gasteiger partial charge in [-0.3, -0.25) is 0 Å². The highest BCUT2D eigenvalue weighted by atomic mass is 79.9. The smallest absolute Gasteiger partial charge is 0.175 e. The molecule has 116 valence electrons. The van der Waals surface area contributed by atoms with E-state index in [1.54, 1.807) is 0 Å². The van der Waals surface area contributed by atoms with Gasteiger partial charge in [-0.05, 0) is 40.0 Å². The molecule has 0 fully saturated rings. The first-order chi connectivity index (χ1) is 10.1. The number of halogens is 1. The topological polar surface area (TPSA) is 30.5 Å². The Hall–Kier alpha value is -1.00. The van der Waals surface area contributed by atoms with Gasteiger partial charge >= 0.3 is 0 Å². The Labute approximate surface area is 135 Å². The fourth-order valence-electron chi connectivity index (χ4n) is 2.18. The van der Waals surface area contributed by atoms with Crippen molar-refractivity contribution in [2.45, 2.75) is 39.7 Å². The van der Waals surface area contributed by atoms with Gasteiger partial charge in [0.2, 0.25) is 0 Å². The molecule has 1 N–H and O–H groups in total. The van der Waals surface area contributed by atoms with E-state index < -0.39 is 0 Å². The van der Waals surface area contributed by atoms with E-state index in [4.69, 9.17) is 9.47 Å². The van der Waals surface area contributed by atoms with Gasteiger partial charge in [-0.25, -0.2) is 0 Å². The van der Waals surface area contributed by atoms with Crippen LogP contribution in [0.5, 0.6) is 11.5 Å². The molecule has 0 bridgehead atoms. The number of benzene rings is 1. The second-order valence-corrected chi connectivity index (χ2v) is 6.43. The maximum Gasteiger partial charge on any atom is 0.175 e. The van der Waals surface area contributed by atoms with Crippen LogP contribution in [-0.4, -0.2) is 25.8 Å². The van der Waals surface area contributed by atoms with E-state index in [-0.39, 0.29) is 0 Å². The summed E-state index contributed by atoms with van der Waals surface area (Å²) in [6.07, 6.45) is 4.19. The minimum atomic E-state index is 0.496. The van der Waals surface area contributed by atoms with Gasteiger partial charge in [0.1, 0.15) is 0 Å². The molecule has 2 rings (SSSR count). The zero-order chi connectivity index (χ0) is 15.2. The summed E-state index contributed by atoms with van der Waals surface area (Å²) in [5, 5.41) is 3.47. The van der Waals surface area contributed by atoms with Gasteiger partial charge in [0, 0.05) is 19.0 Å². The van der Waals surface area contributed by atoms with Crippen LogP contribution in [0, 0.1) is 0 Å². The molecule has 0 aromatic heterocycles. The normalized spacial score (nSPS) is 15.2. The number of fused-ring (bicyclic) bond motifs is 1. The Balaban J connectivity index is 2.23. The highest BCUT2D eigenvalue weighted by Gasteiger charge is 2.14. The lowest BCUT2D eigenvalue weighted by Gasteiger charge is -2.13. The zero-order valence-corrected chi connectivity index (χ0v) is 14.6. The molecule has 3 nitrogen and oxygen atoms in total. The van der Waals surface area contributed by atoms with Gasteiger partial charge in [-0.2, -0.15) is 0 Å². The van der Waals surface area contributed by atoms with Crippen molar-refractivity contribution in [3.05, 3.63) is 27.7 Å². The first kappa shape index (κ1) is 16.4. The van der Waals surface area contributed by atoms with Crippen LogP contribution < -0.4 is 14.8 Å². The summed E-state index contributed by atoms with van der Waals surface area (Å²) in [5.74, 6) is 1.66. The maximum atomic E-state index is 5.78. The monoisotopic (exact) mass is 353 g/mol. The molecular weight excluding hydrogens is 330 g/mol.